The molecule has 0 bridgehead atoms. The molecule has 0 spiro atoms. The number of nitrogens with zero attached hydrogens (tertiary/aromatic N) is 3. The van der Waals surface area contributed by atoms with E-state index in [0.717, 1.165) is 30.0 Å². The summed E-state index contributed by atoms with van der Waals surface area (Å²) in [5.41, 5.74) is 2.16. The predicted octanol–water partition coefficient (Wildman–Crippen LogP) is 2.15. The van der Waals surface area contributed by atoms with Crippen molar-refractivity contribution in [3.8, 4) is 0 Å². The van der Waals surface area contributed by atoms with E-state index in [4.69, 9.17) is 5.11 Å². The Labute approximate surface area is 107 Å². The lowest BCUT2D eigenvalue weighted by atomic mass is 10.2. The molecule has 2 aromatic rings. The highest BCUT2D eigenvalue weighted by atomic mass is 32.1. The molecule has 6 heteroatoms. The first-order valence-electron chi connectivity index (χ1n) is 5.66. The van der Waals surface area contributed by atoms with Crippen molar-refractivity contribution in [2.24, 2.45) is 0 Å². The molecule has 18 heavy (non-hydrogen) atoms. The quantitative estimate of drug-likeness (QED) is 0.919. The number of aromatic carboxylic acids is 1. The van der Waals surface area contributed by atoms with Crippen molar-refractivity contribution in [1.82, 2.24) is 14.8 Å². The van der Waals surface area contributed by atoms with E-state index in [9.17, 15) is 4.79 Å². The van der Waals surface area contributed by atoms with Gasteiger partial charge in [0.25, 0.3) is 0 Å². The molecule has 0 unspecified atom stereocenters. The zero-order valence-electron chi connectivity index (χ0n) is 9.54. The van der Waals surface area contributed by atoms with Crippen LogP contribution in [0.2, 0.25) is 0 Å². The van der Waals surface area contributed by atoms with Crippen LogP contribution in [0.5, 0.6) is 0 Å². The van der Waals surface area contributed by atoms with Gasteiger partial charge in [-0.05, 0) is 31.1 Å². The fourth-order valence-corrected chi connectivity index (χ4v) is 2.64. The number of rotatable bonds is 3. The average Bonchev–Trinajstić information content (AvgIpc) is 3.01. The second-order valence-electron chi connectivity index (χ2n) is 4.09. The molecule has 0 saturated carbocycles. The number of carboxylic acid groups (broad SMARTS) is 1. The largest absolute Gasteiger partial charge is 0.477 e. The Kier molecular flexibility index (Phi) is 2.71. The summed E-state index contributed by atoms with van der Waals surface area (Å²) < 4.78 is 2.02. The van der Waals surface area contributed by atoms with Gasteiger partial charge in [0.15, 0.2) is 0 Å². The summed E-state index contributed by atoms with van der Waals surface area (Å²) in [6.07, 6.45) is 7.30. The van der Waals surface area contributed by atoms with E-state index < -0.39 is 5.97 Å². The van der Waals surface area contributed by atoms with Crippen LogP contribution in [0.3, 0.4) is 0 Å². The molecule has 2 aromatic heterocycles. The van der Waals surface area contributed by atoms with E-state index in [-0.39, 0.29) is 4.88 Å². The van der Waals surface area contributed by atoms with E-state index in [1.807, 2.05) is 10.8 Å². The molecule has 1 N–H and O–H groups in total. The molecule has 1 aliphatic heterocycles. The lowest BCUT2D eigenvalue weighted by Crippen LogP contribution is -1.93. The maximum Gasteiger partial charge on any atom is 0.347 e. The van der Waals surface area contributed by atoms with E-state index in [1.165, 1.54) is 18.3 Å². The van der Waals surface area contributed by atoms with Gasteiger partial charge in [-0.25, -0.2) is 9.78 Å². The minimum Gasteiger partial charge on any atom is -0.477 e. The van der Waals surface area contributed by atoms with Crippen LogP contribution >= 0.6 is 11.3 Å². The Morgan fingerprint density at radius 3 is 3.11 bits per heavy atom. The molecule has 3 rings (SSSR count). The number of hydrogen-bond donors (Lipinski definition) is 1. The Morgan fingerprint density at radius 2 is 2.39 bits per heavy atom. The second kappa shape index (κ2) is 4.38. The molecule has 0 aromatic carbocycles. The van der Waals surface area contributed by atoms with Crippen molar-refractivity contribution in [3.05, 3.63) is 33.5 Å². The molecule has 0 atom stereocenters. The van der Waals surface area contributed by atoms with E-state index in [1.54, 1.807) is 6.08 Å². The lowest BCUT2D eigenvalue weighted by molar-refractivity contribution is 0.0702. The van der Waals surface area contributed by atoms with Crippen molar-refractivity contribution in [3.63, 3.8) is 0 Å². The number of aromatic nitrogens is 3. The fraction of sp³-hybridized carbons (Fsp3) is 0.250. The number of thiazole rings is 1. The monoisotopic (exact) mass is 261 g/mol. The van der Waals surface area contributed by atoms with Crippen molar-refractivity contribution in [1.29, 1.82) is 0 Å². The molecule has 1 aliphatic rings. The van der Waals surface area contributed by atoms with E-state index >= 15 is 0 Å². The summed E-state index contributed by atoms with van der Waals surface area (Å²) in [5.74, 6) is -0.937. The Morgan fingerprint density at radius 1 is 1.50 bits per heavy atom. The third kappa shape index (κ3) is 2.06. The van der Waals surface area contributed by atoms with Gasteiger partial charge in [-0.2, -0.15) is 5.10 Å². The SMILES string of the molecule is O=C(O)c1cnc(/C=C/c2cc3n(n2)CCC3)s1. The summed E-state index contributed by atoms with van der Waals surface area (Å²) in [6.45, 7) is 0.990. The Hall–Kier alpha value is -1.95. The maximum atomic E-state index is 10.7. The van der Waals surface area contributed by atoms with Crippen LogP contribution in [0.1, 0.15) is 32.5 Å². The van der Waals surface area contributed by atoms with Gasteiger partial charge in [0.2, 0.25) is 0 Å². The van der Waals surface area contributed by atoms with Gasteiger partial charge in [0, 0.05) is 12.2 Å². The smallest absolute Gasteiger partial charge is 0.347 e. The highest BCUT2D eigenvalue weighted by molar-refractivity contribution is 7.14. The normalized spacial score (nSPS) is 14.2. The summed E-state index contributed by atoms with van der Waals surface area (Å²) in [6, 6.07) is 2.06. The van der Waals surface area contributed by atoms with Crippen LogP contribution < -0.4 is 0 Å². The van der Waals surface area contributed by atoms with Crippen molar-refractivity contribution in [2.75, 3.05) is 0 Å². The van der Waals surface area contributed by atoms with Crippen molar-refractivity contribution >= 4 is 29.5 Å². The van der Waals surface area contributed by atoms with E-state index in [0.29, 0.717) is 5.01 Å². The van der Waals surface area contributed by atoms with Gasteiger partial charge in [-0.3, -0.25) is 4.68 Å². The minimum atomic E-state index is -0.937. The van der Waals surface area contributed by atoms with Crippen molar-refractivity contribution in [2.45, 2.75) is 19.4 Å². The predicted molar refractivity (Wildman–Crippen MR) is 68.5 cm³/mol. The van der Waals surface area contributed by atoms with Gasteiger partial charge >= 0.3 is 5.97 Å². The van der Waals surface area contributed by atoms with Gasteiger partial charge in [0.05, 0.1) is 11.9 Å². The number of carbonyl (C=O) groups is 1. The molecular formula is C12H11N3O2S. The lowest BCUT2D eigenvalue weighted by Gasteiger charge is -1.89. The number of carboxylic acids is 1. The van der Waals surface area contributed by atoms with Gasteiger partial charge in [0.1, 0.15) is 9.88 Å². The number of hydrogen-bond acceptors (Lipinski definition) is 4. The molecule has 0 fully saturated rings. The van der Waals surface area contributed by atoms with Crippen molar-refractivity contribution < 1.29 is 9.90 Å². The molecular weight excluding hydrogens is 250 g/mol. The fourth-order valence-electron chi connectivity index (χ4n) is 1.98. The van der Waals surface area contributed by atoms with Crippen LogP contribution in [0.25, 0.3) is 12.2 Å². The highest BCUT2D eigenvalue weighted by Crippen LogP contribution is 2.18. The molecule has 0 amide bonds. The molecule has 3 heterocycles. The maximum absolute atomic E-state index is 10.7. The zero-order chi connectivity index (χ0) is 12.5. The molecule has 5 nitrogen and oxygen atoms in total. The summed E-state index contributed by atoms with van der Waals surface area (Å²) in [4.78, 5) is 15.0. The molecule has 0 saturated heterocycles. The minimum absolute atomic E-state index is 0.252. The van der Waals surface area contributed by atoms with Crippen LogP contribution in [-0.2, 0) is 13.0 Å². The standard InChI is InChI=1S/C12H11N3O2S/c16-12(17)10-7-13-11(18-10)4-3-8-6-9-2-1-5-15(9)14-8/h3-4,6-7H,1-2,5H2,(H,16,17)/b4-3+. The third-order valence-electron chi connectivity index (χ3n) is 2.82. The average molecular weight is 261 g/mol. The summed E-state index contributed by atoms with van der Waals surface area (Å²) >= 11 is 1.16. The van der Waals surface area contributed by atoms with Crippen LogP contribution in [0.4, 0.5) is 0 Å². The summed E-state index contributed by atoms with van der Waals surface area (Å²) in [5, 5.41) is 13.9. The first kappa shape index (κ1) is 11.2. The summed E-state index contributed by atoms with van der Waals surface area (Å²) in [7, 11) is 0. The van der Waals surface area contributed by atoms with Gasteiger partial charge < -0.3 is 5.11 Å². The van der Waals surface area contributed by atoms with Crippen LogP contribution in [0, 0.1) is 0 Å². The van der Waals surface area contributed by atoms with Gasteiger partial charge in [-0.1, -0.05) is 0 Å². The second-order valence-corrected chi connectivity index (χ2v) is 5.15. The Balaban J connectivity index is 1.78. The first-order valence-corrected chi connectivity index (χ1v) is 6.48. The Bertz CT molecular complexity index is 606. The zero-order valence-corrected chi connectivity index (χ0v) is 10.4. The molecule has 92 valence electrons. The molecule has 0 aliphatic carbocycles. The van der Waals surface area contributed by atoms with E-state index in [2.05, 4.69) is 16.1 Å². The van der Waals surface area contributed by atoms with Crippen LogP contribution in [0.15, 0.2) is 12.3 Å². The third-order valence-corrected chi connectivity index (χ3v) is 3.77. The topological polar surface area (TPSA) is 68.0 Å². The highest BCUT2D eigenvalue weighted by Gasteiger charge is 2.12. The number of aryl methyl sites for hydroxylation is 2. The first-order chi connectivity index (χ1) is 8.72. The van der Waals surface area contributed by atoms with Crippen LogP contribution in [-0.4, -0.2) is 25.8 Å². The van der Waals surface area contributed by atoms with Gasteiger partial charge in [-0.15, -0.1) is 11.3 Å². The number of fused-ring (bicyclic) bond motifs is 1. The molecule has 0 radical (unpaired) electrons.